The minimum absolute atomic E-state index is 0.175. The van der Waals surface area contributed by atoms with E-state index in [2.05, 4.69) is 14.7 Å². The number of rotatable bonds is 4. The van der Waals surface area contributed by atoms with Crippen LogP contribution < -0.4 is 4.72 Å². The number of carboxylic acids is 1. The van der Waals surface area contributed by atoms with Crippen LogP contribution in [0.2, 0.25) is 0 Å². The van der Waals surface area contributed by atoms with E-state index in [0.29, 0.717) is 5.69 Å². The molecule has 0 amide bonds. The Morgan fingerprint density at radius 1 is 1.56 bits per heavy atom. The van der Waals surface area contributed by atoms with Crippen LogP contribution in [0, 0.1) is 6.92 Å². The van der Waals surface area contributed by atoms with Crippen LogP contribution in [0.5, 0.6) is 0 Å². The van der Waals surface area contributed by atoms with Crippen LogP contribution in [-0.2, 0) is 10.0 Å². The van der Waals surface area contributed by atoms with Crippen LogP contribution in [0.3, 0.4) is 0 Å². The molecular weight excluding hydrogens is 262 g/mol. The Bertz CT molecular complexity index is 685. The van der Waals surface area contributed by atoms with Gasteiger partial charge in [0.05, 0.1) is 5.69 Å². The van der Waals surface area contributed by atoms with E-state index >= 15 is 0 Å². The monoisotopic (exact) mass is 271 g/mol. The molecule has 0 radical (unpaired) electrons. The van der Waals surface area contributed by atoms with Crippen LogP contribution in [0.15, 0.2) is 27.8 Å². The van der Waals surface area contributed by atoms with Crippen molar-refractivity contribution in [3.05, 3.63) is 29.9 Å². The predicted molar refractivity (Wildman–Crippen MR) is 59.8 cm³/mol. The molecule has 2 rings (SSSR count). The fraction of sp³-hybridized carbons (Fsp3) is 0.111. The van der Waals surface area contributed by atoms with Gasteiger partial charge in [0, 0.05) is 6.20 Å². The number of aromatic nitrogens is 2. The first-order valence-corrected chi connectivity index (χ1v) is 6.23. The lowest BCUT2D eigenvalue weighted by atomic mass is 10.4. The summed E-state index contributed by atoms with van der Waals surface area (Å²) in [5.74, 6) is -1.25. The summed E-state index contributed by atoms with van der Waals surface area (Å²) in [4.78, 5) is 16.5. The van der Waals surface area contributed by atoms with Crippen LogP contribution in [0.1, 0.15) is 16.2 Å². The topological polar surface area (TPSA) is 125 Å². The number of oxazole rings is 1. The number of aromatic carboxylic acids is 1. The molecule has 0 aliphatic heterocycles. The number of aromatic amines is 1. The van der Waals surface area contributed by atoms with Gasteiger partial charge in [-0.2, -0.15) is 4.98 Å². The molecule has 0 fully saturated rings. The van der Waals surface area contributed by atoms with Gasteiger partial charge in [0.2, 0.25) is 0 Å². The quantitative estimate of drug-likeness (QED) is 0.755. The number of nitrogens with zero attached hydrogens (tertiary/aromatic N) is 1. The normalized spacial score (nSPS) is 11.4. The fourth-order valence-electron chi connectivity index (χ4n) is 1.23. The number of hydrogen-bond acceptors (Lipinski definition) is 5. The van der Waals surface area contributed by atoms with Crippen LogP contribution in [-0.4, -0.2) is 29.5 Å². The molecule has 0 spiro atoms. The highest BCUT2D eigenvalue weighted by Gasteiger charge is 2.20. The molecule has 0 bridgehead atoms. The summed E-state index contributed by atoms with van der Waals surface area (Å²) in [5, 5.41) is 8.68. The number of H-pyrrole nitrogens is 1. The van der Waals surface area contributed by atoms with Crippen molar-refractivity contribution in [2.24, 2.45) is 0 Å². The highest BCUT2D eigenvalue weighted by molar-refractivity contribution is 7.92. The lowest BCUT2D eigenvalue weighted by Crippen LogP contribution is -2.12. The molecule has 0 aliphatic carbocycles. The van der Waals surface area contributed by atoms with Gasteiger partial charge in [-0.25, -0.2) is 17.9 Å². The van der Waals surface area contributed by atoms with Crippen LogP contribution >= 0.6 is 0 Å². The number of aryl methyl sites for hydroxylation is 1. The van der Waals surface area contributed by atoms with Gasteiger partial charge in [-0.15, -0.1) is 0 Å². The van der Waals surface area contributed by atoms with Gasteiger partial charge in [0.1, 0.15) is 16.9 Å². The molecule has 2 aromatic heterocycles. The first-order valence-electron chi connectivity index (χ1n) is 4.75. The van der Waals surface area contributed by atoms with Crippen molar-refractivity contribution in [1.29, 1.82) is 0 Å². The minimum atomic E-state index is -3.91. The third-order valence-corrected chi connectivity index (χ3v) is 3.34. The Morgan fingerprint density at radius 3 is 2.78 bits per heavy atom. The third-order valence-electron chi connectivity index (χ3n) is 2.04. The molecule has 0 saturated carbocycles. The summed E-state index contributed by atoms with van der Waals surface area (Å²) in [5.41, 5.74) is 0.298. The van der Waals surface area contributed by atoms with E-state index in [9.17, 15) is 13.2 Å². The molecule has 2 aromatic rings. The van der Waals surface area contributed by atoms with Crippen molar-refractivity contribution in [3.63, 3.8) is 0 Å². The Morgan fingerprint density at radius 2 is 2.28 bits per heavy atom. The molecule has 0 aliphatic rings. The maximum atomic E-state index is 11.8. The van der Waals surface area contributed by atoms with Gasteiger partial charge in [-0.05, 0) is 13.0 Å². The van der Waals surface area contributed by atoms with E-state index in [-0.39, 0.29) is 16.6 Å². The van der Waals surface area contributed by atoms with Crippen molar-refractivity contribution < 1.29 is 22.7 Å². The molecule has 2 heterocycles. The highest BCUT2D eigenvalue weighted by Crippen LogP contribution is 2.16. The zero-order valence-corrected chi connectivity index (χ0v) is 9.98. The average molecular weight is 271 g/mol. The Hall–Kier alpha value is -2.29. The number of carbonyl (C=O) groups is 1. The number of hydrogen-bond donors (Lipinski definition) is 3. The summed E-state index contributed by atoms with van der Waals surface area (Å²) in [6.07, 6.45) is 2.36. The largest absolute Gasteiger partial charge is 0.477 e. The molecule has 0 saturated heterocycles. The maximum Gasteiger partial charge on any atom is 0.352 e. The van der Waals surface area contributed by atoms with E-state index in [1.807, 2.05) is 0 Å². The second-order valence-corrected chi connectivity index (χ2v) is 5.14. The molecule has 0 atom stereocenters. The summed E-state index contributed by atoms with van der Waals surface area (Å²) in [6.45, 7) is 1.64. The number of anilines is 1. The van der Waals surface area contributed by atoms with E-state index in [4.69, 9.17) is 9.52 Å². The first-order chi connectivity index (χ1) is 8.38. The average Bonchev–Trinajstić information content (AvgIpc) is 2.86. The van der Waals surface area contributed by atoms with Crippen molar-refractivity contribution >= 4 is 22.0 Å². The number of nitrogens with one attached hydrogen (secondary N) is 2. The molecule has 3 N–H and O–H groups in total. The van der Waals surface area contributed by atoms with E-state index in [1.165, 1.54) is 6.26 Å². The zero-order chi connectivity index (χ0) is 13.3. The Balaban J connectivity index is 2.27. The molecule has 0 aromatic carbocycles. The SMILES string of the molecule is Cc1coc(NS(=O)(=O)c2c[nH]c(C(=O)O)c2)n1. The van der Waals surface area contributed by atoms with Gasteiger partial charge in [0.15, 0.2) is 0 Å². The molecule has 0 unspecified atom stereocenters. The van der Waals surface area contributed by atoms with Crippen molar-refractivity contribution in [2.75, 3.05) is 4.72 Å². The highest BCUT2D eigenvalue weighted by atomic mass is 32.2. The molecular formula is C9H9N3O5S. The Kier molecular flexibility index (Phi) is 2.83. The fourth-order valence-corrected chi connectivity index (χ4v) is 2.16. The standard InChI is InChI=1S/C9H9N3O5S/c1-5-4-17-9(11-5)12-18(15,16)6-2-7(8(13)14)10-3-6/h2-4,10H,1H3,(H,11,12)(H,13,14). The van der Waals surface area contributed by atoms with E-state index in [0.717, 1.165) is 12.3 Å². The van der Waals surface area contributed by atoms with Crippen molar-refractivity contribution in [3.8, 4) is 0 Å². The van der Waals surface area contributed by atoms with Gasteiger partial charge < -0.3 is 14.5 Å². The smallest absolute Gasteiger partial charge is 0.352 e. The van der Waals surface area contributed by atoms with E-state index in [1.54, 1.807) is 6.92 Å². The zero-order valence-electron chi connectivity index (χ0n) is 9.17. The summed E-state index contributed by atoms with van der Waals surface area (Å²) >= 11 is 0. The van der Waals surface area contributed by atoms with Crippen LogP contribution in [0.4, 0.5) is 6.01 Å². The van der Waals surface area contributed by atoms with Gasteiger partial charge in [0.25, 0.3) is 10.0 Å². The second-order valence-electron chi connectivity index (χ2n) is 3.45. The second kappa shape index (κ2) is 4.18. The number of carboxylic acid groups (broad SMARTS) is 1. The lowest BCUT2D eigenvalue weighted by molar-refractivity contribution is 0.0691. The predicted octanol–water partition coefficient (Wildman–Crippen LogP) is 0.810. The Labute approximate surface area is 102 Å². The third kappa shape index (κ3) is 2.35. The van der Waals surface area contributed by atoms with Gasteiger partial charge >= 0.3 is 12.0 Å². The molecule has 18 heavy (non-hydrogen) atoms. The molecule has 9 heteroatoms. The summed E-state index contributed by atoms with van der Waals surface area (Å²) in [6, 6.07) is 0.825. The maximum absolute atomic E-state index is 11.8. The minimum Gasteiger partial charge on any atom is -0.477 e. The van der Waals surface area contributed by atoms with Crippen molar-refractivity contribution in [2.45, 2.75) is 11.8 Å². The summed E-state index contributed by atoms with van der Waals surface area (Å²) in [7, 11) is -3.91. The van der Waals surface area contributed by atoms with E-state index < -0.39 is 16.0 Å². The van der Waals surface area contributed by atoms with Gasteiger partial charge in [-0.1, -0.05) is 0 Å². The molecule has 96 valence electrons. The number of sulfonamides is 1. The lowest BCUT2D eigenvalue weighted by Gasteiger charge is -2.00. The van der Waals surface area contributed by atoms with Crippen molar-refractivity contribution in [1.82, 2.24) is 9.97 Å². The van der Waals surface area contributed by atoms with Crippen LogP contribution in [0.25, 0.3) is 0 Å². The molecule has 8 nitrogen and oxygen atoms in total. The first kappa shape index (κ1) is 12.2. The van der Waals surface area contributed by atoms with Gasteiger partial charge in [-0.3, -0.25) is 0 Å². The summed E-state index contributed by atoms with van der Waals surface area (Å²) < 4.78 is 30.6.